The minimum Gasteiger partial charge on any atom is 0 e. The molecule has 0 aliphatic heterocycles. The molecule has 5 heavy (non-hydrogen) atoms. The molecule has 0 fully saturated rings. The van der Waals surface area contributed by atoms with E-state index >= 15 is 0 Å². The molecule has 0 aliphatic rings. The van der Waals surface area contributed by atoms with Gasteiger partial charge in [-0.1, -0.05) is 0 Å². The Kier molecular flexibility index (Phi) is 17.3. The maximum absolute atomic E-state index is 5.02. The Hall–Kier alpha value is 3.58. The van der Waals surface area contributed by atoms with Crippen LogP contribution in [0.5, 0.6) is 0 Å². The molecule has 0 aromatic heterocycles. The average Bonchev–Trinajstić information content (AvgIpc) is 0.811. The summed E-state index contributed by atoms with van der Waals surface area (Å²) in [4.78, 5) is 0. The van der Waals surface area contributed by atoms with Crippen molar-refractivity contribution in [3.8, 4) is 0 Å². The van der Waals surface area contributed by atoms with Crippen LogP contribution in [0.1, 0.15) is 0 Å². The van der Waals surface area contributed by atoms with Crippen molar-refractivity contribution >= 4 is 17.4 Å². The summed E-state index contributed by atoms with van der Waals surface area (Å²) in [5.74, 6) is 15.1. The zero-order chi connectivity index (χ0) is 3.58. The molecule has 0 spiro atoms. The van der Waals surface area contributed by atoms with E-state index in [1.807, 2.05) is 0 Å². The van der Waals surface area contributed by atoms with Crippen LogP contribution >= 0.6 is 17.4 Å². The van der Waals surface area contributed by atoms with E-state index in [-0.39, 0.29) is 41.3 Å². The van der Waals surface area contributed by atoms with Gasteiger partial charge in [0.2, 0.25) is 0 Å². The Morgan fingerprint density at radius 1 is 1.00 bits per heavy atom. The van der Waals surface area contributed by atoms with Crippen LogP contribution in [-0.4, -0.2) is 0 Å². The molecule has 0 atom stereocenters. The first kappa shape index (κ1) is 11.4. The van der Waals surface area contributed by atoms with Crippen molar-refractivity contribution in [1.29, 1.82) is 0 Å². The van der Waals surface area contributed by atoms with Crippen molar-refractivity contribution in [2.75, 3.05) is 0 Å². The third-order valence-electron chi connectivity index (χ3n) is 0. The molecule has 0 saturated heterocycles. The predicted octanol–water partition coefficient (Wildman–Crippen LogP) is 2.07. The zero-order valence-electron chi connectivity index (χ0n) is 2.21. The van der Waals surface area contributed by atoms with Crippen LogP contribution in [0.3, 0.4) is 0 Å². The smallest absolute Gasteiger partial charge is 0 e. The summed E-state index contributed by atoms with van der Waals surface area (Å²) in [7, 11) is 0. The first-order valence-electron chi connectivity index (χ1n) is 0.567. The van der Waals surface area contributed by atoms with Crippen molar-refractivity contribution in [3.63, 3.8) is 0 Å². The van der Waals surface area contributed by atoms with Gasteiger partial charge >= 0.3 is 47.3 Å². The summed E-state index contributed by atoms with van der Waals surface area (Å²) in [5.41, 5.74) is 0. The van der Waals surface area contributed by atoms with E-state index in [0.29, 0.717) is 0 Å². The Balaban J connectivity index is 0. The summed E-state index contributed by atoms with van der Waals surface area (Å²) < 4.78 is 0. The quantitative estimate of drug-likeness (QED) is 0.593. The molecular weight excluding hydrogens is 392 g/mol. The van der Waals surface area contributed by atoms with Gasteiger partial charge in [-0.05, 0) is 0 Å². The minimum atomic E-state index is -2.24. The van der Waals surface area contributed by atoms with Crippen molar-refractivity contribution in [2.45, 2.75) is 0 Å². The maximum Gasteiger partial charge on any atom is 0 e. The molecule has 0 N–H and O–H groups in total. The van der Waals surface area contributed by atoms with Crippen LogP contribution in [0, 0.1) is 71.2 Å². The number of hydrogen-bond acceptors (Lipinski definition) is 0. The molecule has 0 rings (SSSR count). The van der Waals surface area contributed by atoms with E-state index in [0.717, 1.165) is 0 Å². The van der Waals surface area contributed by atoms with Crippen molar-refractivity contribution in [3.05, 3.63) is 0 Å². The molecule has 1 radical (unpaired) electrons. The normalized spacial score (nSPS) is 5.40. The van der Waals surface area contributed by atoms with Gasteiger partial charge in [-0.25, -0.2) is 0 Å². The van der Waals surface area contributed by atoms with E-state index in [2.05, 4.69) is 0 Å². The summed E-state index contributed by atoms with van der Waals surface area (Å²) in [6.07, 6.45) is 0. The second kappa shape index (κ2) is 7.58. The fourth-order valence-corrected chi connectivity index (χ4v) is 0. The summed E-state index contributed by atoms with van der Waals surface area (Å²) >= 11 is -2.24. The zero-order valence-corrected chi connectivity index (χ0v) is 11.4. The molecule has 0 aromatic rings. The SMILES string of the molecule is [Cl][Nd]([Cl])[Cl].[Pr]. The largest absolute Gasteiger partial charge is 0 e. The molecule has 0 bridgehead atoms. The van der Waals surface area contributed by atoms with Gasteiger partial charge in [0.05, 0.1) is 0 Å². The van der Waals surface area contributed by atoms with Crippen LogP contribution in [0.15, 0.2) is 0 Å². The van der Waals surface area contributed by atoms with E-state index in [9.17, 15) is 0 Å². The van der Waals surface area contributed by atoms with E-state index < -0.39 is 29.9 Å². The molecule has 0 nitrogen and oxygen atoms in total. The van der Waals surface area contributed by atoms with Crippen LogP contribution in [0.4, 0.5) is 0 Å². The average molecular weight is 392 g/mol. The third-order valence-corrected chi connectivity index (χ3v) is 0. The van der Waals surface area contributed by atoms with Gasteiger partial charge < -0.3 is 0 Å². The molecule has 0 saturated carbocycles. The van der Waals surface area contributed by atoms with Gasteiger partial charge in [0.15, 0.2) is 0 Å². The molecule has 0 heterocycles. The summed E-state index contributed by atoms with van der Waals surface area (Å²) in [5, 5.41) is 0. The maximum atomic E-state index is 5.02. The monoisotopic (exact) mass is 388 g/mol. The molecule has 0 amide bonds. The van der Waals surface area contributed by atoms with E-state index in [1.54, 1.807) is 0 Å². The van der Waals surface area contributed by atoms with Gasteiger partial charge in [-0.2, -0.15) is 0 Å². The van der Waals surface area contributed by atoms with Crippen molar-refractivity contribution in [2.24, 2.45) is 0 Å². The minimum absolute atomic E-state index is 0. The Labute approximate surface area is 85.6 Å². The number of halogens is 3. The van der Waals surface area contributed by atoms with Crippen molar-refractivity contribution in [1.82, 2.24) is 0 Å². The van der Waals surface area contributed by atoms with Gasteiger partial charge in [0.1, 0.15) is 0 Å². The standard InChI is InChI=1S/3ClH.Nd.Pr/h3*1H;;/q;;;+3;/p-3. The van der Waals surface area contributed by atoms with Crippen molar-refractivity contribution < 1.29 is 71.2 Å². The summed E-state index contributed by atoms with van der Waals surface area (Å²) in [6, 6.07) is 0. The van der Waals surface area contributed by atoms with Gasteiger partial charge in [-0.3, -0.25) is 0 Å². The number of hydrogen-bond donors (Lipinski definition) is 0. The second-order valence-corrected chi connectivity index (χ2v) is 14.3. The number of rotatable bonds is 0. The molecule has 28 valence electrons. The van der Waals surface area contributed by atoms with E-state index in [1.165, 1.54) is 0 Å². The Morgan fingerprint density at radius 2 is 1.00 bits per heavy atom. The van der Waals surface area contributed by atoms with Crippen LogP contribution in [0.25, 0.3) is 0 Å². The summed E-state index contributed by atoms with van der Waals surface area (Å²) in [6.45, 7) is 0. The second-order valence-electron chi connectivity index (χ2n) is 0.214. The van der Waals surface area contributed by atoms with Crippen LogP contribution in [0.2, 0.25) is 0 Å². The molecule has 0 aliphatic carbocycles. The van der Waals surface area contributed by atoms with Gasteiger partial charge in [0.25, 0.3) is 0 Å². The van der Waals surface area contributed by atoms with Gasteiger partial charge in [0, 0.05) is 41.3 Å². The topological polar surface area (TPSA) is 0 Å². The fourth-order valence-electron chi connectivity index (χ4n) is 0. The first-order chi connectivity index (χ1) is 1.73. The first-order valence-corrected chi connectivity index (χ1v) is 12.6. The molecular formula is Cl3NdPr. The molecule has 0 aromatic carbocycles. The Morgan fingerprint density at radius 3 is 1.00 bits per heavy atom. The fraction of sp³-hybridized carbons (Fsp3) is 0. The van der Waals surface area contributed by atoms with Crippen LogP contribution < -0.4 is 0 Å². The molecule has 0 unspecified atom stereocenters. The molecule has 5 heteroatoms. The predicted molar refractivity (Wildman–Crippen MR) is 17.6 cm³/mol. The van der Waals surface area contributed by atoms with Crippen LogP contribution in [-0.2, 0) is 0 Å². The Bertz CT molecular complexity index is 11.6. The third kappa shape index (κ3) is 18.4. The van der Waals surface area contributed by atoms with Gasteiger partial charge in [-0.15, -0.1) is 0 Å². The van der Waals surface area contributed by atoms with E-state index in [4.69, 9.17) is 17.4 Å².